The SMILES string of the molecule is Cc1c(C(O)CN)ccc2c1OCCO2. The monoisotopic (exact) mass is 209 g/mol. The summed E-state index contributed by atoms with van der Waals surface area (Å²) < 4.78 is 10.9. The highest BCUT2D eigenvalue weighted by molar-refractivity contribution is 5.51. The molecule has 0 saturated heterocycles. The van der Waals surface area contributed by atoms with Crippen LogP contribution in [0.4, 0.5) is 0 Å². The average molecular weight is 209 g/mol. The van der Waals surface area contributed by atoms with E-state index < -0.39 is 6.10 Å². The zero-order chi connectivity index (χ0) is 10.8. The Hall–Kier alpha value is -1.26. The predicted octanol–water partition coefficient (Wildman–Crippen LogP) is 0.758. The molecule has 1 unspecified atom stereocenters. The van der Waals surface area contributed by atoms with Crippen LogP contribution in [0.3, 0.4) is 0 Å². The van der Waals surface area contributed by atoms with Crippen molar-refractivity contribution in [2.24, 2.45) is 5.73 Å². The van der Waals surface area contributed by atoms with Crippen molar-refractivity contribution >= 4 is 0 Å². The standard InChI is InChI=1S/C11H15NO3/c1-7-8(9(13)6-12)2-3-10-11(7)15-5-4-14-10/h2-3,9,13H,4-6,12H2,1H3. The van der Waals surface area contributed by atoms with Gasteiger partial charge >= 0.3 is 0 Å². The van der Waals surface area contributed by atoms with Crippen molar-refractivity contribution in [1.82, 2.24) is 0 Å². The summed E-state index contributed by atoms with van der Waals surface area (Å²) >= 11 is 0. The van der Waals surface area contributed by atoms with Crippen LogP contribution in [-0.4, -0.2) is 24.9 Å². The lowest BCUT2D eigenvalue weighted by molar-refractivity contribution is 0.165. The molecule has 82 valence electrons. The fraction of sp³-hybridized carbons (Fsp3) is 0.455. The van der Waals surface area contributed by atoms with Crippen LogP contribution in [0.5, 0.6) is 11.5 Å². The van der Waals surface area contributed by atoms with Gasteiger partial charge in [-0.15, -0.1) is 0 Å². The maximum atomic E-state index is 9.69. The van der Waals surface area contributed by atoms with Gasteiger partial charge in [0.15, 0.2) is 11.5 Å². The van der Waals surface area contributed by atoms with E-state index in [4.69, 9.17) is 15.2 Å². The third kappa shape index (κ3) is 1.78. The Balaban J connectivity index is 2.43. The second-order valence-corrected chi connectivity index (χ2v) is 3.56. The molecular formula is C11H15NO3. The lowest BCUT2D eigenvalue weighted by Gasteiger charge is -2.22. The Kier molecular flexibility index (Phi) is 2.79. The normalized spacial score (nSPS) is 16.2. The summed E-state index contributed by atoms with van der Waals surface area (Å²) in [6.45, 7) is 3.24. The number of hydrogen-bond donors (Lipinski definition) is 2. The molecule has 1 aromatic carbocycles. The number of fused-ring (bicyclic) bond motifs is 1. The highest BCUT2D eigenvalue weighted by Crippen LogP contribution is 2.37. The van der Waals surface area contributed by atoms with E-state index in [-0.39, 0.29) is 6.54 Å². The number of hydrogen-bond acceptors (Lipinski definition) is 4. The van der Waals surface area contributed by atoms with Gasteiger partial charge in [-0.1, -0.05) is 6.07 Å². The fourth-order valence-corrected chi connectivity index (χ4v) is 1.76. The molecule has 0 aromatic heterocycles. The molecule has 1 atom stereocenters. The second kappa shape index (κ2) is 4.08. The van der Waals surface area contributed by atoms with Crippen molar-refractivity contribution in [2.45, 2.75) is 13.0 Å². The highest BCUT2D eigenvalue weighted by Gasteiger charge is 2.19. The summed E-state index contributed by atoms with van der Waals surface area (Å²) in [6.07, 6.45) is -0.638. The van der Waals surface area contributed by atoms with Crippen LogP contribution in [0.1, 0.15) is 17.2 Å². The van der Waals surface area contributed by atoms with Gasteiger partial charge in [-0.25, -0.2) is 0 Å². The molecule has 0 spiro atoms. The summed E-state index contributed by atoms with van der Waals surface area (Å²) in [5.74, 6) is 1.47. The average Bonchev–Trinajstić information content (AvgIpc) is 2.29. The van der Waals surface area contributed by atoms with E-state index >= 15 is 0 Å². The Labute approximate surface area is 88.6 Å². The molecule has 1 aliphatic heterocycles. The van der Waals surface area contributed by atoms with E-state index in [0.29, 0.717) is 13.2 Å². The molecule has 0 bridgehead atoms. The molecule has 1 aromatic rings. The minimum Gasteiger partial charge on any atom is -0.486 e. The van der Waals surface area contributed by atoms with Gasteiger partial charge in [0, 0.05) is 12.1 Å². The zero-order valence-corrected chi connectivity index (χ0v) is 8.69. The van der Waals surface area contributed by atoms with Crippen LogP contribution in [-0.2, 0) is 0 Å². The van der Waals surface area contributed by atoms with Gasteiger partial charge in [0.1, 0.15) is 13.2 Å². The molecule has 1 aliphatic rings. The van der Waals surface area contributed by atoms with Gasteiger partial charge in [-0.05, 0) is 18.6 Å². The molecular weight excluding hydrogens is 194 g/mol. The minimum absolute atomic E-state index is 0.209. The van der Waals surface area contributed by atoms with Gasteiger partial charge in [0.05, 0.1) is 6.10 Å². The molecule has 0 amide bonds. The maximum Gasteiger partial charge on any atom is 0.164 e. The first-order valence-corrected chi connectivity index (χ1v) is 5.01. The van der Waals surface area contributed by atoms with E-state index in [1.807, 2.05) is 19.1 Å². The van der Waals surface area contributed by atoms with Crippen molar-refractivity contribution in [3.8, 4) is 11.5 Å². The van der Waals surface area contributed by atoms with Crippen LogP contribution in [0.2, 0.25) is 0 Å². The second-order valence-electron chi connectivity index (χ2n) is 3.56. The minimum atomic E-state index is -0.638. The van der Waals surface area contributed by atoms with Gasteiger partial charge in [0.2, 0.25) is 0 Å². The number of aliphatic hydroxyl groups excluding tert-OH is 1. The Morgan fingerprint density at radius 2 is 2.13 bits per heavy atom. The van der Waals surface area contributed by atoms with E-state index in [2.05, 4.69) is 0 Å². The Morgan fingerprint density at radius 3 is 2.87 bits per heavy atom. The number of nitrogens with two attached hydrogens (primary N) is 1. The van der Waals surface area contributed by atoms with Crippen LogP contribution < -0.4 is 15.2 Å². The van der Waals surface area contributed by atoms with Gasteiger partial charge in [-0.3, -0.25) is 0 Å². The van der Waals surface area contributed by atoms with Crippen LogP contribution in [0.15, 0.2) is 12.1 Å². The Morgan fingerprint density at radius 1 is 1.40 bits per heavy atom. The summed E-state index contributed by atoms with van der Waals surface area (Å²) in [5, 5.41) is 9.69. The predicted molar refractivity (Wildman–Crippen MR) is 56.2 cm³/mol. The first-order chi connectivity index (χ1) is 7.24. The van der Waals surface area contributed by atoms with Crippen LogP contribution in [0, 0.1) is 6.92 Å². The summed E-state index contributed by atoms with van der Waals surface area (Å²) in [5.41, 5.74) is 7.14. The quantitative estimate of drug-likeness (QED) is 0.754. The molecule has 15 heavy (non-hydrogen) atoms. The van der Waals surface area contributed by atoms with Crippen molar-refractivity contribution in [3.63, 3.8) is 0 Å². The smallest absolute Gasteiger partial charge is 0.164 e. The third-order valence-electron chi connectivity index (χ3n) is 2.58. The van der Waals surface area contributed by atoms with Gasteiger partial charge < -0.3 is 20.3 Å². The van der Waals surface area contributed by atoms with E-state index in [9.17, 15) is 5.11 Å². The number of benzene rings is 1. The number of rotatable bonds is 2. The van der Waals surface area contributed by atoms with Crippen molar-refractivity contribution in [3.05, 3.63) is 23.3 Å². The van der Waals surface area contributed by atoms with Gasteiger partial charge in [0.25, 0.3) is 0 Å². The molecule has 1 heterocycles. The van der Waals surface area contributed by atoms with Crippen LogP contribution >= 0.6 is 0 Å². The molecule has 2 rings (SSSR count). The van der Waals surface area contributed by atoms with Crippen LogP contribution in [0.25, 0.3) is 0 Å². The first kappa shape index (κ1) is 10.3. The Bertz CT molecular complexity index is 365. The first-order valence-electron chi connectivity index (χ1n) is 5.01. The van der Waals surface area contributed by atoms with Crippen molar-refractivity contribution < 1.29 is 14.6 Å². The van der Waals surface area contributed by atoms with E-state index in [0.717, 1.165) is 22.6 Å². The summed E-state index contributed by atoms with van der Waals surface area (Å²) in [7, 11) is 0. The highest BCUT2D eigenvalue weighted by atomic mass is 16.6. The van der Waals surface area contributed by atoms with Crippen molar-refractivity contribution in [1.29, 1.82) is 0 Å². The molecule has 0 fully saturated rings. The molecule has 3 N–H and O–H groups in total. The molecule has 4 nitrogen and oxygen atoms in total. The maximum absolute atomic E-state index is 9.69. The fourth-order valence-electron chi connectivity index (χ4n) is 1.76. The molecule has 0 saturated carbocycles. The third-order valence-corrected chi connectivity index (χ3v) is 2.58. The summed E-state index contributed by atoms with van der Waals surface area (Å²) in [6, 6.07) is 3.65. The van der Waals surface area contributed by atoms with Crippen molar-refractivity contribution in [2.75, 3.05) is 19.8 Å². The molecule has 0 aliphatic carbocycles. The number of aliphatic hydroxyl groups is 1. The number of ether oxygens (including phenoxy) is 2. The topological polar surface area (TPSA) is 64.7 Å². The zero-order valence-electron chi connectivity index (χ0n) is 8.69. The van der Waals surface area contributed by atoms with E-state index in [1.165, 1.54) is 0 Å². The molecule has 4 heteroatoms. The lowest BCUT2D eigenvalue weighted by atomic mass is 10.0. The largest absolute Gasteiger partial charge is 0.486 e. The van der Waals surface area contributed by atoms with E-state index in [1.54, 1.807) is 0 Å². The van der Waals surface area contributed by atoms with Gasteiger partial charge in [-0.2, -0.15) is 0 Å². The molecule has 0 radical (unpaired) electrons. The summed E-state index contributed by atoms with van der Waals surface area (Å²) in [4.78, 5) is 0. The lowest BCUT2D eigenvalue weighted by Crippen LogP contribution is -2.18.